The molecular formula is C15H24N6. The second-order valence-corrected chi connectivity index (χ2v) is 5.63. The summed E-state index contributed by atoms with van der Waals surface area (Å²) < 4.78 is 2.06. The van der Waals surface area contributed by atoms with E-state index in [1.807, 2.05) is 18.6 Å². The fraction of sp³-hybridized carbons (Fsp3) is 0.600. The lowest BCUT2D eigenvalue weighted by Gasteiger charge is -2.39. The van der Waals surface area contributed by atoms with Crippen LogP contribution in [0.15, 0.2) is 18.6 Å². The summed E-state index contributed by atoms with van der Waals surface area (Å²) in [5.41, 5.74) is 0.941. The van der Waals surface area contributed by atoms with Crippen LogP contribution in [0.5, 0.6) is 0 Å². The number of imidazole rings is 1. The van der Waals surface area contributed by atoms with E-state index in [1.165, 1.54) is 0 Å². The molecule has 0 saturated carbocycles. The normalized spacial score (nSPS) is 20.1. The van der Waals surface area contributed by atoms with Crippen LogP contribution in [-0.4, -0.2) is 58.5 Å². The summed E-state index contributed by atoms with van der Waals surface area (Å²) in [4.78, 5) is 14.1. The third kappa shape index (κ3) is 2.68. The van der Waals surface area contributed by atoms with Crippen molar-refractivity contribution in [2.75, 3.05) is 43.4 Å². The fourth-order valence-electron chi connectivity index (χ4n) is 2.97. The van der Waals surface area contributed by atoms with E-state index in [0.29, 0.717) is 6.04 Å². The van der Waals surface area contributed by atoms with Crippen molar-refractivity contribution in [3.8, 4) is 0 Å². The Hall–Kier alpha value is -1.82. The molecule has 0 amide bonds. The Kier molecular flexibility index (Phi) is 3.96. The van der Waals surface area contributed by atoms with Crippen LogP contribution < -0.4 is 10.2 Å². The van der Waals surface area contributed by atoms with Crippen molar-refractivity contribution >= 4 is 17.3 Å². The Morgan fingerprint density at radius 2 is 2.19 bits per heavy atom. The molecule has 3 heterocycles. The zero-order valence-corrected chi connectivity index (χ0v) is 13.1. The zero-order chi connectivity index (χ0) is 14.8. The number of nitrogens with one attached hydrogen (secondary N) is 1. The summed E-state index contributed by atoms with van der Waals surface area (Å²) in [5, 5.41) is 3.31. The third-order valence-corrected chi connectivity index (χ3v) is 4.26. The molecule has 0 radical (unpaired) electrons. The van der Waals surface area contributed by atoms with Gasteiger partial charge in [-0.2, -0.15) is 0 Å². The molecule has 0 bridgehead atoms. The number of hydrogen-bond acceptors (Lipinski definition) is 5. The van der Waals surface area contributed by atoms with Gasteiger partial charge < -0.3 is 14.6 Å². The van der Waals surface area contributed by atoms with Gasteiger partial charge in [0.05, 0.1) is 6.20 Å². The molecule has 1 N–H and O–H groups in total. The molecule has 1 saturated heterocycles. The predicted octanol–water partition coefficient (Wildman–Crippen LogP) is 1.69. The van der Waals surface area contributed by atoms with Gasteiger partial charge in [-0.15, -0.1) is 0 Å². The topological polar surface area (TPSA) is 48.7 Å². The van der Waals surface area contributed by atoms with E-state index in [1.54, 1.807) is 0 Å². The Balaban J connectivity index is 1.96. The zero-order valence-electron chi connectivity index (χ0n) is 13.1. The molecule has 2 aromatic rings. The Bertz CT molecular complexity index is 607. The van der Waals surface area contributed by atoms with E-state index >= 15 is 0 Å². The van der Waals surface area contributed by atoms with Crippen LogP contribution in [0, 0.1) is 0 Å². The number of fused-ring (bicyclic) bond motifs is 1. The fourth-order valence-corrected chi connectivity index (χ4v) is 2.97. The van der Waals surface area contributed by atoms with Gasteiger partial charge in [-0.1, -0.05) is 6.92 Å². The van der Waals surface area contributed by atoms with Crippen LogP contribution in [0.2, 0.25) is 0 Å². The van der Waals surface area contributed by atoms with Crippen molar-refractivity contribution < 1.29 is 0 Å². The average molecular weight is 288 g/mol. The van der Waals surface area contributed by atoms with Crippen LogP contribution in [0.25, 0.3) is 5.65 Å². The van der Waals surface area contributed by atoms with E-state index in [9.17, 15) is 0 Å². The molecule has 114 valence electrons. The number of rotatable bonds is 4. The molecule has 1 aliphatic heterocycles. The molecule has 6 nitrogen and oxygen atoms in total. The van der Waals surface area contributed by atoms with Crippen molar-refractivity contribution in [2.45, 2.75) is 26.3 Å². The number of hydrogen-bond donors (Lipinski definition) is 1. The first-order valence-electron chi connectivity index (χ1n) is 7.75. The quantitative estimate of drug-likeness (QED) is 0.928. The van der Waals surface area contributed by atoms with Crippen LogP contribution >= 0.6 is 0 Å². The first-order chi connectivity index (χ1) is 10.2. The Morgan fingerprint density at radius 3 is 2.95 bits per heavy atom. The Morgan fingerprint density at radius 1 is 1.33 bits per heavy atom. The second kappa shape index (κ2) is 5.89. The van der Waals surface area contributed by atoms with Crippen LogP contribution in [0.1, 0.15) is 20.3 Å². The van der Waals surface area contributed by atoms with Crippen molar-refractivity contribution in [1.82, 2.24) is 19.3 Å². The minimum absolute atomic E-state index is 0.582. The number of piperazine rings is 1. The van der Waals surface area contributed by atoms with Crippen molar-refractivity contribution in [1.29, 1.82) is 0 Å². The second-order valence-electron chi connectivity index (χ2n) is 5.63. The average Bonchev–Trinajstić information content (AvgIpc) is 2.96. The first-order valence-corrected chi connectivity index (χ1v) is 7.75. The molecule has 1 aliphatic rings. The van der Waals surface area contributed by atoms with Gasteiger partial charge >= 0.3 is 0 Å². The predicted molar refractivity (Wildman–Crippen MR) is 86.1 cm³/mol. The summed E-state index contributed by atoms with van der Waals surface area (Å²) in [6, 6.07) is 0.582. The lowest BCUT2D eigenvalue weighted by atomic mass is 10.1. The van der Waals surface area contributed by atoms with E-state index in [-0.39, 0.29) is 0 Å². The summed E-state index contributed by atoms with van der Waals surface area (Å²) in [6.07, 6.45) is 6.98. The molecule has 3 rings (SSSR count). The van der Waals surface area contributed by atoms with Crippen molar-refractivity contribution in [3.63, 3.8) is 0 Å². The lowest BCUT2D eigenvalue weighted by molar-refractivity contribution is 0.213. The number of likely N-dealkylation sites (N-methyl/N-ethyl adjacent to an activating group) is 1. The maximum Gasteiger partial charge on any atom is 0.180 e. The van der Waals surface area contributed by atoms with Gasteiger partial charge in [0.25, 0.3) is 0 Å². The SMILES string of the molecule is CCNc1cn2ccnc2c(N2CCN(C)C(CC)C2)n1. The molecule has 21 heavy (non-hydrogen) atoms. The van der Waals surface area contributed by atoms with E-state index in [4.69, 9.17) is 4.98 Å². The van der Waals surface area contributed by atoms with Crippen LogP contribution in [0.4, 0.5) is 11.6 Å². The molecule has 1 fully saturated rings. The van der Waals surface area contributed by atoms with Gasteiger partial charge in [-0.05, 0) is 20.4 Å². The summed E-state index contributed by atoms with van der Waals surface area (Å²) in [5.74, 6) is 1.90. The third-order valence-electron chi connectivity index (χ3n) is 4.26. The molecular weight excluding hydrogens is 264 g/mol. The van der Waals surface area contributed by atoms with Gasteiger partial charge in [-0.25, -0.2) is 9.97 Å². The highest BCUT2D eigenvalue weighted by Gasteiger charge is 2.25. The summed E-state index contributed by atoms with van der Waals surface area (Å²) >= 11 is 0. The van der Waals surface area contributed by atoms with Gasteiger partial charge in [0.1, 0.15) is 5.82 Å². The smallest absolute Gasteiger partial charge is 0.180 e. The molecule has 1 unspecified atom stereocenters. The highest BCUT2D eigenvalue weighted by molar-refractivity contribution is 5.67. The number of nitrogens with zero attached hydrogens (tertiary/aromatic N) is 5. The minimum atomic E-state index is 0.582. The molecule has 6 heteroatoms. The van der Waals surface area contributed by atoms with Gasteiger partial charge in [0.15, 0.2) is 11.5 Å². The van der Waals surface area contributed by atoms with E-state index in [0.717, 1.165) is 49.9 Å². The summed E-state index contributed by atoms with van der Waals surface area (Å²) in [7, 11) is 2.21. The van der Waals surface area contributed by atoms with E-state index in [2.05, 4.69) is 45.4 Å². The van der Waals surface area contributed by atoms with E-state index < -0.39 is 0 Å². The summed E-state index contributed by atoms with van der Waals surface area (Å²) in [6.45, 7) is 8.28. The molecule has 2 aromatic heterocycles. The highest BCUT2D eigenvalue weighted by atomic mass is 15.3. The number of anilines is 2. The van der Waals surface area contributed by atoms with Crippen LogP contribution in [0.3, 0.4) is 0 Å². The van der Waals surface area contributed by atoms with Crippen molar-refractivity contribution in [3.05, 3.63) is 18.6 Å². The standard InChI is InChI=1S/C15H24N6/c1-4-12-10-21(9-8-19(12)3)15-14-17-6-7-20(14)11-13(18-15)16-5-2/h6-7,11-12,16H,4-5,8-10H2,1-3H3. The molecule has 0 aliphatic carbocycles. The van der Waals surface area contributed by atoms with Crippen molar-refractivity contribution in [2.24, 2.45) is 0 Å². The highest BCUT2D eigenvalue weighted by Crippen LogP contribution is 2.23. The van der Waals surface area contributed by atoms with Crippen LogP contribution in [-0.2, 0) is 0 Å². The largest absolute Gasteiger partial charge is 0.369 e. The number of aromatic nitrogens is 3. The monoisotopic (exact) mass is 288 g/mol. The maximum atomic E-state index is 4.79. The molecule has 0 aromatic carbocycles. The first kappa shape index (κ1) is 14.1. The van der Waals surface area contributed by atoms with Gasteiger partial charge in [0, 0.05) is 44.6 Å². The van der Waals surface area contributed by atoms with Gasteiger partial charge in [0.2, 0.25) is 0 Å². The van der Waals surface area contributed by atoms with Gasteiger partial charge in [-0.3, -0.25) is 4.90 Å². The minimum Gasteiger partial charge on any atom is -0.369 e. The Labute approximate surface area is 125 Å². The maximum absolute atomic E-state index is 4.79. The molecule has 1 atom stereocenters. The lowest BCUT2D eigenvalue weighted by Crippen LogP contribution is -2.51. The molecule has 0 spiro atoms.